The Bertz CT molecular complexity index is 774. The Morgan fingerprint density at radius 2 is 2.19 bits per heavy atom. The molecule has 0 unspecified atom stereocenters. The van der Waals surface area contributed by atoms with Gasteiger partial charge in [0.15, 0.2) is 0 Å². The molecule has 1 saturated heterocycles. The number of carbonyl (C=O) groups excluding carboxylic acids is 1. The van der Waals surface area contributed by atoms with Crippen LogP contribution < -0.4 is 10.1 Å². The third-order valence-corrected chi connectivity index (χ3v) is 5.06. The fourth-order valence-electron chi connectivity index (χ4n) is 3.29. The average molecular weight is 372 g/mol. The fraction of sp³-hybridized carbons (Fsp3) is 0.500. The summed E-state index contributed by atoms with van der Waals surface area (Å²) < 4.78 is 12.9. The van der Waals surface area contributed by atoms with Crippen molar-refractivity contribution in [2.24, 2.45) is 7.05 Å². The van der Waals surface area contributed by atoms with E-state index < -0.39 is 6.10 Å². The van der Waals surface area contributed by atoms with Crippen molar-refractivity contribution < 1.29 is 14.3 Å². The van der Waals surface area contributed by atoms with E-state index in [9.17, 15) is 4.79 Å². The number of nitrogens with zero attached hydrogens (tertiary/aromatic N) is 3. The van der Waals surface area contributed by atoms with Crippen molar-refractivity contribution in [3.05, 3.63) is 47.3 Å². The summed E-state index contributed by atoms with van der Waals surface area (Å²) >= 11 is 0. The van der Waals surface area contributed by atoms with Gasteiger partial charge in [-0.3, -0.25) is 14.4 Å². The summed E-state index contributed by atoms with van der Waals surface area (Å²) in [6.45, 7) is 5.37. The molecule has 3 rings (SSSR count). The number of amides is 1. The highest BCUT2D eigenvalue weighted by Crippen LogP contribution is 2.17. The normalized spacial score (nSPS) is 17.7. The second-order valence-electron chi connectivity index (χ2n) is 6.83. The Hall–Kier alpha value is -2.38. The van der Waals surface area contributed by atoms with Crippen LogP contribution in [0, 0.1) is 6.92 Å². The van der Waals surface area contributed by atoms with Crippen molar-refractivity contribution >= 4 is 5.91 Å². The molecule has 0 spiro atoms. The van der Waals surface area contributed by atoms with Gasteiger partial charge in [0.1, 0.15) is 11.9 Å². The summed E-state index contributed by atoms with van der Waals surface area (Å²) in [5.74, 6) is 0.788. The number of hydrogen-bond donors (Lipinski definition) is 1. The van der Waals surface area contributed by atoms with Crippen LogP contribution in [0.15, 0.2) is 30.5 Å². The third-order valence-electron chi connectivity index (χ3n) is 5.06. The molecule has 1 aliphatic heterocycles. The van der Waals surface area contributed by atoms with E-state index in [1.807, 2.05) is 42.2 Å². The van der Waals surface area contributed by atoms with Gasteiger partial charge in [-0.25, -0.2) is 0 Å². The van der Waals surface area contributed by atoms with Gasteiger partial charge in [-0.05, 0) is 25.0 Å². The fourth-order valence-corrected chi connectivity index (χ4v) is 3.29. The largest absolute Gasteiger partial charge is 0.496 e. The highest BCUT2D eigenvalue weighted by atomic mass is 16.5. The lowest BCUT2D eigenvalue weighted by Gasteiger charge is -2.32. The van der Waals surface area contributed by atoms with Crippen LogP contribution in [0.4, 0.5) is 0 Å². The molecule has 0 aliphatic carbocycles. The molecule has 0 saturated carbocycles. The molecular weight excluding hydrogens is 344 g/mol. The number of morpholine rings is 1. The Morgan fingerprint density at radius 1 is 1.37 bits per heavy atom. The summed E-state index contributed by atoms with van der Waals surface area (Å²) in [5.41, 5.74) is 3.42. The molecule has 146 valence electrons. The predicted octanol–water partition coefficient (Wildman–Crippen LogP) is 1.30. The zero-order valence-corrected chi connectivity index (χ0v) is 16.3. The number of rotatable bonds is 7. The van der Waals surface area contributed by atoms with Crippen LogP contribution in [0.1, 0.15) is 16.8 Å². The van der Waals surface area contributed by atoms with Gasteiger partial charge in [0.05, 0.1) is 19.9 Å². The van der Waals surface area contributed by atoms with E-state index in [-0.39, 0.29) is 5.91 Å². The van der Waals surface area contributed by atoms with Crippen LogP contribution >= 0.6 is 0 Å². The minimum atomic E-state index is -0.437. The smallest absolute Gasteiger partial charge is 0.250 e. The molecule has 0 radical (unpaired) electrons. The Balaban J connectivity index is 1.49. The van der Waals surface area contributed by atoms with Crippen molar-refractivity contribution in [3.63, 3.8) is 0 Å². The molecule has 1 fully saturated rings. The zero-order valence-electron chi connectivity index (χ0n) is 16.3. The lowest BCUT2D eigenvalue weighted by molar-refractivity contribution is -0.138. The lowest BCUT2D eigenvalue weighted by atomic mass is 10.1. The molecular formula is C20H28N4O3. The number of nitrogens with one attached hydrogen (secondary N) is 1. The van der Waals surface area contributed by atoms with Crippen LogP contribution in [-0.2, 0) is 29.5 Å². The van der Waals surface area contributed by atoms with E-state index in [0.717, 1.165) is 36.5 Å². The van der Waals surface area contributed by atoms with Crippen LogP contribution in [0.3, 0.4) is 0 Å². The topological polar surface area (TPSA) is 68.6 Å². The van der Waals surface area contributed by atoms with Gasteiger partial charge in [0, 0.05) is 44.5 Å². The lowest BCUT2D eigenvalue weighted by Crippen LogP contribution is -2.49. The Labute approximate surface area is 160 Å². The Kier molecular flexibility index (Phi) is 6.47. The number of carbonyl (C=O) groups is 1. The SMILES string of the molecule is COc1ccccc1CCNC(=O)[C@@H]1CN(Cc2cnn(C)c2C)CCO1. The van der Waals surface area contributed by atoms with Crippen LogP contribution in [0.5, 0.6) is 5.75 Å². The molecule has 7 nitrogen and oxygen atoms in total. The van der Waals surface area contributed by atoms with E-state index in [0.29, 0.717) is 19.7 Å². The van der Waals surface area contributed by atoms with E-state index in [1.165, 1.54) is 5.56 Å². The molecule has 2 heterocycles. The van der Waals surface area contributed by atoms with Crippen molar-refractivity contribution in [2.45, 2.75) is 26.0 Å². The van der Waals surface area contributed by atoms with Gasteiger partial charge in [0.2, 0.25) is 5.91 Å². The van der Waals surface area contributed by atoms with Crippen molar-refractivity contribution in [1.29, 1.82) is 0 Å². The maximum atomic E-state index is 12.5. The zero-order chi connectivity index (χ0) is 19.2. The first kappa shape index (κ1) is 19.4. The molecule has 0 bridgehead atoms. The number of hydrogen-bond acceptors (Lipinski definition) is 5. The third kappa shape index (κ3) is 4.87. The highest BCUT2D eigenvalue weighted by Gasteiger charge is 2.27. The molecule has 27 heavy (non-hydrogen) atoms. The number of para-hydroxylation sites is 1. The summed E-state index contributed by atoms with van der Waals surface area (Å²) in [6.07, 6.45) is 2.18. The summed E-state index contributed by atoms with van der Waals surface area (Å²) in [7, 11) is 3.60. The molecule has 1 aliphatic rings. The maximum Gasteiger partial charge on any atom is 0.250 e. The highest BCUT2D eigenvalue weighted by molar-refractivity contribution is 5.81. The quantitative estimate of drug-likeness (QED) is 0.793. The average Bonchev–Trinajstić information content (AvgIpc) is 3.00. The van der Waals surface area contributed by atoms with Gasteiger partial charge in [-0.15, -0.1) is 0 Å². The molecule has 2 aromatic rings. The van der Waals surface area contributed by atoms with E-state index >= 15 is 0 Å². The Morgan fingerprint density at radius 3 is 2.93 bits per heavy atom. The monoisotopic (exact) mass is 372 g/mol. The standard InChI is InChI=1S/C20H28N4O3/c1-15-17(12-22-23(15)2)13-24-10-11-27-19(14-24)20(25)21-9-8-16-6-4-5-7-18(16)26-3/h4-7,12,19H,8-11,13-14H2,1-3H3,(H,21,25)/t19-/m0/s1. The second kappa shape index (κ2) is 9.01. The van der Waals surface area contributed by atoms with Gasteiger partial charge >= 0.3 is 0 Å². The van der Waals surface area contributed by atoms with Gasteiger partial charge in [0.25, 0.3) is 0 Å². The van der Waals surface area contributed by atoms with E-state index in [2.05, 4.69) is 22.2 Å². The summed E-state index contributed by atoms with van der Waals surface area (Å²) in [6, 6.07) is 7.86. The number of ether oxygens (including phenoxy) is 2. The van der Waals surface area contributed by atoms with Gasteiger partial charge in [-0.1, -0.05) is 18.2 Å². The molecule has 1 N–H and O–H groups in total. The second-order valence-corrected chi connectivity index (χ2v) is 6.83. The first-order valence-electron chi connectivity index (χ1n) is 9.29. The van der Waals surface area contributed by atoms with E-state index in [1.54, 1.807) is 7.11 Å². The van der Waals surface area contributed by atoms with Crippen molar-refractivity contribution in [1.82, 2.24) is 20.0 Å². The van der Waals surface area contributed by atoms with Crippen molar-refractivity contribution in [3.8, 4) is 5.75 Å². The first-order chi connectivity index (χ1) is 13.1. The molecule has 1 aromatic carbocycles. The molecule has 7 heteroatoms. The molecule has 1 aromatic heterocycles. The molecule has 1 amide bonds. The van der Waals surface area contributed by atoms with Gasteiger partial charge < -0.3 is 14.8 Å². The number of aryl methyl sites for hydroxylation is 1. The maximum absolute atomic E-state index is 12.5. The van der Waals surface area contributed by atoms with Crippen molar-refractivity contribution in [2.75, 3.05) is 33.4 Å². The van der Waals surface area contributed by atoms with Crippen LogP contribution in [0.25, 0.3) is 0 Å². The first-order valence-corrected chi connectivity index (χ1v) is 9.29. The van der Waals surface area contributed by atoms with E-state index in [4.69, 9.17) is 9.47 Å². The minimum absolute atomic E-state index is 0.0579. The number of aromatic nitrogens is 2. The number of benzene rings is 1. The van der Waals surface area contributed by atoms with Crippen LogP contribution in [0.2, 0.25) is 0 Å². The van der Waals surface area contributed by atoms with Crippen LogP contribution in [-0.4, -0.2) is 60.0 Å². The van der Waals surface area contributed by atoms with Gasteiger partial charge in [-0.2, -0.15) is 5.10 Å². The molecule has 1 atom stereocenters. The summed E-state index contributed by atoms with van der Waals surface area (Å²) in [4.78, 5) is 14.7. The number of methoxy groups -OCH3 is 1. The predicted molar refractivity (Wildman–Crippen MR) is 103 cm³/mol. The summed E-state index contributed by atoms with van der Waals surface area (Å²) in [5, 5.41) is 7.28. The minimum Gasteiger partial charge on any atom is -0.496 e.